The Bertz CT molecular complexity index is 597. The van der Waals surface area contributed by atoms with Crippen LogP contribution < -0.4 is 0 Å². The van der Waals surface area contributed by atoms with Crippen molar-refractivity contribution in [1.29, 1.82) is 0 Å². The van der Waals surface area contributed by atoms with Crippen molar-refractivity contribution in [1.82, 2.24) is 0 Å². The van der Waals surface area contributed by atoms with Gasteiger partial charge in [0.1, 0.15) is 5.78 Å². The van der Waals surface area contributed by atoms with Crippen LogP contribution in [-0.4, -0.2) is 18.4 Å². The minimum atomic E-state index is -0.565. The van der Waals surface area contributed by atoms with Gasteiger partial charge in [0.25, 0.3) is 0 Å². The van der Waals surface area contributed by atoms with Crippen LogP contribution in [0.2, 0.25) is 0 Å². The summed E-state index contributed by atoms with van der Waals surface area (Å²) >= 11 is 0. The summed E-state index contributed by atoms with van der Waals surface area (Å²) in [6.07, 6.45) is 9.43. The van der Waals surface area contributed by atoms with Gasteiger partial charge in [-0.3, -0.25) is 9.59 Å². The molecule has 0 aromatic rings. The zero-order chi connectivity index (χ0) is 20.3. The first-order chi connectivity index (χ1) is 12.6. The fourth-order valence-electron chi connectivity index (χ4n) is 4.83. The first-order valence-electron chi connectivity index (χ1n) is 10.9. The number of ketones is 1. The first kappa shape index (κ1) is 22.2. The van der Waals surface area contributed by atoms with Crippen molar-refractivity contribution >= 4 is 11.8 Å². The number of ether oxygens (including phenoxy) is 1. The lowest BCUT2D eigenvalue weighted by molar-refractivity contribution is -0.150. The summed E-state index contributed by atoms with van der Waals surface area (Å²) in [5, 5.41) is 0. The number of carbonyl (C=O) groups is 2. The highest BCUT2D eigenvalue weighted by molar-refractivity contribution is 5.88. The van der Waals surface area contributed by atoms with Gasteiger partial charge in [0, 0.05) is 5.41 Å². The van der Waals surface area contributed by atoms with Crippen molar-refractivity contribution in [2.24, 2.45) is 16.2 Å². The largest absolute Gasteiger partial charge is 0.466 e. The molecule has 27 heavy (non-hydrogen) atoms. The normalized spacial score (nSPS) is 26.4. The second-order valence-electron chi connectivity index (χ2n) is 10.1. The van der Waals surface area contributed by atoms with Crippen molar-refractivity contribution in [3.63, 3.8) is 0 Å². The Morgan fingerprint density at radius 3 is 2.30 bits per heavy atom. The van der Waals surface area contributed by atoms with E-state index in [2.05, 4.69) is 34.6 Å². The fraction of sp³-hybridized carbons (Fsp3) is 0.833. The maximum absolute atomic E-state index is 12.7. The summed E-state index contributed by atoms with van der Waals surface area (Å²) in [6.45, 7) is 13.6. The van der Waals surface area contributed by atoms with Gasteiger partial charge >= 0.3 is 5.97 Å². The Hall–Kier alpha value is -1.12. The molecule has 2 aliphatic carbocycles. The Kier molecular flexibility index (Phi) is 6.97. The smallest absolute Gasteiger partial charge is 0.306 e. The number of carbonyl (C=O) groups excluding carboxylic acids is 2. The Morgan fingerprint density at radius 1 is 1.00 bits per heavy atom. The van der Waals surface area contributed by atoms with Crippen LogP contribution >= 0.6 is 0 Å². The monoisotopic (exact) mass is 376 g/mol. The predicted octanol–water partition coefficient (Wildman–Crippen LogP) is 6.40. The average Bonchev–Trinajstić information content (AvgIpc) is 2.59. The van der Waals surface area contributed by atoms with E-state index in [1.165, 1.54) is 24.8 Å². The van der Waals surface area contributed by atoms with Crippen LogP contribution in [0, 0.1) is 16.2 Å². The van der Waals surface area contributed by atoms with E-state index in [9.17, 15) is 9.59 Å². The van der Waals surface area contributed by atoms with Crippen LogP contribution in [0.5, 0.6) is 0 Å². The molecule has 0 amide bonds. The maximum Gasteiger partial charge on any atom is 0.306 e. The van der Waals surface area contributed by atoms with Gasteiger partial charge in [-0.15, -0.1) is 0 Å². The van der Waals surface area contributed by atoms with Crippen molar-refractivity contribution in [2.75, 3.05) is 6.61 Å². The lowest BCUT2D eigenvalue weighted by Crippen LogP contribution is -2.44. The van der Waals surface area contributed by atoms with Crippen molar-refractivity contribution < 1.29 is 14.3 Å². The third-order valence-electron chi connectivity index (χ3n) is 7.84. The molecule has 0 aliphatic heterocycles. The Labute approximate surface area is 166 Å². The van der Waals surface area contributed by atoms with E-state index in [0.29, 0.717) is 6.61 Å². The van der Waals surface area contributed by atoms with Gasteiger partial charge in [0.2, 0.25) is 0 Å². The van der Waals surface area contributed by atoms with Crippen LogP contribution in [0.25, 0.3) is 0 Å². The Balaban J connectivity index is 2.10. The number of rotatable bonds is 8. The minimum absolute atomic E-state index is 0.0613. The lowest BCUT2D eigenvalue weighted by atomic mass is 9.51. The molecule has 1 atom stereocenters. The van der Waals surface area contributed by atoms with Crippen LogP contribution in [0.1, 0.15) is 106 Å². The van der Waals surface area contributed by atoms with E-state index >= 15 is 0 Å². The van der Waals surface area contributed by atoms with Gasteiger partial charge in [-0.1, -0.05) is 65.0 Å². The van der Waals surface area contributed by atoms with Gasteiger partial charge < -0.3 is 4.74 Å². The first-order valence-corrected chi connectivity index (χ1v) is 10.9. The van der Waals surface area contributed by atoms with Gasteiger partial charge in [0.05, 0.1) is 13.0 Å². The molecule has 1 unspecified atom stereocenters. The summed E-state index contributed by atoms with van der Waals surface area (Å²) in [5.41, 5.74) is 2.70. The topological polar surface area (TPSA) is 43.4 Å². The van der Waals surface area contributed by atoms with E-state index in [-0.39, 0.29) is 29.0 Å². The number of unbranched alkanes of at least 4 members (excludes halogenated alkanes) is 3. The molecule has 2 aliphatic rings. The van der Waals surface area contributed by atoms with E-state index in [4.69, 9.17) is 4.74 Å². The molecule has 0 heterocycles. The van der Waals surface area contributed by atoms with Crippen LogP contribution in [0.3, 0.4) is 0 Å². The predicted molar refractivity (Wildman–Crippen MR) is 111 cm³/mol. The number of Topliss-reactive ketones (excluding diaryl/α,β-unsaturated/α-hetero) is 1. The van der Waals surface area contributed by atoms with E-state index in [0.717, 1.165) is 38.5 Å². The molecule has 0 N–H and O–H groups in total. The molecule has 0 bridgehead atoms. The molecular weight excluding hydrogens is 336 g/mol. The number of esters is 1. The number of allylic oxidation sites excluding steroid dienone is 2. The summed E-state index contributed by atoms with van der Waals surface area (Å²) in [7, 11) is 0. The van der Waals surface area contributed by atoms with Crippen LogP contribution in [0.4, 0.5) is 0 Å². The zero-order valence-corrected chi connectivity index (χ0v) is 18.5. The van der Waals surface area contributed by atoms with Gasteiger partial charge in [-0.2, -0.15) is 0 Å². The molecule has 0 aromatic heterocycles. The molecule has 154 valence electrons. The highest BCUT2D eigenvalue weighted by Crippen LogP contribution is 2.59. The molecular formula is C24H40O3. The number of hydrogen-bond acceptors (Lipinski definition) is 3. The van der Waals surface area contributed by atoms with Gasteiger partial charge in [0.15, 0.2) is 0 Å². The summed E-state index contributed by atoms with van der Waals surface area (Å²) < 4.78 is 5.49. The third kappa shape index (κ3) is 4.66. The SMILES string of the molecule is CCCCCCOC(=O)CC1(C(C)=O)CCC2=C(C1)C(C)(C)C(C)(C)CC2. The zero-order valence-electron chi connectivity index (χ0n) is 18.5. The van der Waals surface area contributed by atoms with Gasteiger partial charge in [-0.25, -0.2) is 0 Å². The second-order valence-corrected chi connectivity index (χ2v) is 10.1. The molecule has 3 heteroatoms. The Morgan fingerprint density at radius 2 is 1.67 bits per heavy atom. The minimum Gasteiger partial charge on any atom is -0.466 e. The van der Waals surface area contributed by atoms with Crippen molar-refractivity contribution in [2.45, 2.75) is 106 Å². The molecule has 0 saturated carbocycles. The van der Waals surface area contributed by atoms with E-state index in [1.807, 2.05) is 0 Å². The molecule has 0 spiro atoms. The molecule has 0 radical (unpaired) electrons. The summed E-state index contributed by atoms with van der Waals surface area (Å²) in [5.74, 6) is -0.0465. The molecule has 2 rings (SSSR count). The molecule has 0 saturated heterocycles. The number of hydrogen-bond donors (Lipinski definition) is 0. The molecule has 0 fully saturated rings. The fourth-order valence-corrected chi connectivity index (χ4v) is 4.83. The van der Waals surface area contributed by atoms with Crippen LogP contribution in [0.15, 0.2) is 11.1 Å². The maximum atomic E-state index is 12.7. The summed E-state index contributed by atoms with van der Waals surface area (Å²) in [4.78, 5) is 25.2. The van der Waals surface area contributed by atoms with Crippen molar-refractivity contribution in [3.8, 4) is 0 Å². The van der Waals surface area contributed by atoms with E-state index < -0.39 is 5.41 Å². The van der Waals surface area contributed by atoms with Crippen LogP contribution in [-0.2, 0) is 14.3 Å². The van der Waals surface area contributed by atoms with Crippen molar-refractivity contribution in [3.05, 3.63) is 11.1 Å². The highest BCUT2D eigenvalue weighted by Gasteiger charge is 2.50. The molecule has 0 aromatic carbocycles. The summed E-state index contributed by atoms with van der Waals surface area (Å²) in [6, 6.07) is 0. The standard InChI is InChI=1S/C24H40O3/c1-7-8-9-10-15-27-21(26)17-24(18(2)25)14-12-19-11-13-22(3,4)23(5,6)20(19)16-24/h7-17H2,1-6H3. The third-order valence-corrected chi connectivity index (χ3v) is 7.84. The second kappa shape index (κ2) is 8.49. The van der Waals surface area contributed by atoms with E-state index in [1.54, 1.807) is 12.5 Å². The average molecular weight is 377 g/mol. The van der Waals surface area contributed by atoms with Gasteiger partial charge in [-0.05, 0) is 56.3 Å². The quantitative estimate of drug-likeness (QED) is 0.279. The highest BCUT2D eigenvalue weighted by atomic mass is 16.5. The lowest BCUT2D eigenvalue weighted by Gasteiger charge is -2.53. The molecule has 3 nitrogen and oxygen atoms in total.